The zero-order chi connectivity index (χ0) is 14.9. The van der Waals surface area contributed by atoms with Crippen LogP contribution < -0.4 is 0 Å². The zero-order valence-electron chi connectivity index (χ0n) is 12.3. The second-order valence-electron chi connectivity index (χ2n) is 4.94. The highest BCUT2D eigenvalue weighted by molar-refractivity contribution is 5.67. The van der Waals surface area contributed by atoms with Crippen molar-refractivity contribution in [2.45, 2.75) is 64.2 Å². The molecule has 0 spiro atoms. The molecule has 0 aliphatic carbocycles. The van der Waals surface area contributed by atoms with Gasteiger partial charge in [0, 0.05) is 18.1 Å². The van der Waals surface area contributed by atoms with E-state index in [1.54, 1.807) is 0 Å². The second kappa shape index (κ2) is 15.8. The van der Waals surface area contributed by atoms with Crippen molar-refractivity contribution in [3.05, 3.63) is 10.4 Å². The summed E-state index contributed by atoms with van der Waals surface area (Å²) in [6, 6.07) is 0. The molecule has 1 N–H and O–H groups in total. The van der Waals surface area contributed by atoms with Crippen molar-refractivity contribution in [3.63, 3.8) is 0 Å². The van der Waals surface area contributed by atoms with Gasteiger partial charge in [0.2, 0.25) is 0 Å². The fourth-order valence-corrected chi connectivity index (χ4v) is 2.01. The Morgan fingerprint density at radius 2 is 1.45 bits per heavy atom. The van der Waals surface area contributed by atoms with Crippen LogP contribution >= 0.6 is 0 Å². The lowest BCUT2D eigenvalue weighted by Crippen LogP contribution is -2.07. The summed E-state index contributed by atoms with van der Waals surface area (Å²) in [5, 5.41) is 11.9. The van der Waals surface area contributed by atoms with Crippen LogP contribution in [0.1, 0.15) is 64.2 Å². The van der Waals surface area contributed by atoms with E-state index in [1.165, 1.54) is 38.5 Å². The highest BCUT2D eigenvalue weighted by Crippen LogP contribution is 2.10. The molecule has 6 nitrogen and oxygen atoms in total. The predicted molar refractivity (Wildman–Crippen MR) is 78.6 cm³/mol. The van der Waals surface area contributed by atoms with Gasteiger partial charge in [-0.3, -0.25) is 0 Å². The molecule has 0 aromatic rings. The van der Waals surface area contributed by atoms with E-state index >= 15 is 0 Å². The summed E-state index contributed by atoms with van der Waals surface area (Å²) < 4.78 is 4.97. The van der Waals surface area contributed by atoms with Gasteiger partial charge < -0.3 is 9.84 Å². The van der Waals surface area contributed by atoms with Gasteiger partial charge in [0.1, 0.15) is 6.61 Å². The minimum Gasteiger partial charge on any atom is -0.480 e. The topological polar surface area (TPSA) is 95.3 Å². The van der Waals surface area contributed by atoms with Crippen molar-refractivity contribution in [3.8, 4) is 0 Å². The molecule has 20 heavy (non-hydrogen) atoms. The Labute approximate surface area is 121 Å². The normalized spacial score (nSPS) is 10.2. The number of ether oxygens (including phenoxy) is 1. The van der Waals surface area contributed by atoms with Crippen LogP contribution in [0.3, 0.4) is 0 Å². The van der Waals surface area contributed by atoms with E-state index < -0.39 is 5.97 Å². The number of aliphatic carboxylic acids is 1. The van der Waals surface area contributed by atoms with E-state index in [9.17, 15) is 4.79 Å². The van der Waals surface area contributed by atoms with Gasteiger partial charge in [0.25, 0.3) is 0 Å². The highest BCUT2D eigenvalue weighted by Gasteiger charge is 1.96. The standard InChI is InChI=1S/C14H27N3O3/c15-17-16-11-9-7-5-3-1-2-4-6-8-10-12-20-13-14(18)19/h1-13H2,(H,18,19). The van der Waals surface area contributed by atoms with Crippen molar-refractivity contribution in [2.24, 2.45) is 5.11 Å². The Bertz CT molecular complexity index is 265. The van der Waals surface area contributed by atoms with Gasteiger partial charge in [-0.15, -0.1) is 0 Å². The van der Waals surface area contributed by atoms with Crippen molar-refractivity contribution in [2.75, 3.05) is 19.8 Å². The summed E-state index contributed by atoms with van der Waals surface area (Å²) >= 11 is 0. The van der Waals surface area contributed by atoms with Crippen LogP contribution in [-0.4, -0.2) is 30.8 Å². The molecule has 0 saturated carbocycles. The molecule has 0 amide bonds. The van der Waals surface area contributed by atoms with Gasteiger partial charge >= 0.3 is 5.97 Å². The van der Waals surface area contributed by atoms with E-state index in [2.05, 4.69) is 10.0 Å². The van der Waals surface area contributed by atoms with Crippen LogP contribution in [0.2, 0.25) is 0 Å². The number of unbranched alkanes of at least 4 members (excludes halogenated alkanes) is 9. The van der Waals surface area contributed by atoms with Crippen LogP contribution in [0.4, 0.5) is 0 Å². The number of azide groups is 1. The molecule has 0 rings (SSSR count). The average molecular weight is 285 g/mol. The molecule has 0 bridgehead atoms. The zero-order valence-corrected chi connectivity index (χ0v) is 12.3. The first-order valence-corrected chi connectivity index (χ1v) is 7.57. The van der Waals surface area contributed by atoms with Gasteiger partial charge in [-0.2, -0.15) is 0 Å². The van der Waals surface area contributed by atoms with Crippen molar-refractivity contribution in [1.82, 2.24) is 0 Å². The monoisotopic (exact) mass is 285 g/mol. The first-order valence-electron chi connectivity index (χ1n) is 7.57. The lowest BCUT2D eigenvalue weighted by Gasteiger charge is -2.03. The van der Waals surface area contributed by atoms with E-state index in [0.29, 0.717) is 13.2 Å². The molecule has 0 heterocycles. The number of carbonyl (C=O) groups is 1. The third-order valence-corrected chi connectivity index (χ3v) is 3.09. The third kappa shape index (κ3) is 16.7. The Morgan fingerprint density at radius 1 is 0.950 bits per heavy atom. The van der Waals surface area contributed by atoms with E-state index in [-0.39, 0.29) is 6.61 Å². The SMILES string of the molecule is [N-]=[N+]=NCCCCCCCCCCCCOCC(=O)O. The molecule has 0 radical (unpaired) electrons. The first kappa shape index (κ1) is 18.7. The molecule has 0 aliphatic rings. The molecule has 0 unspecified atom stereocenters. The summed E-state index contributed by atoms with van der Waals surface area (Å²) in [4.78, 5) is 12.9. The fourth-order valence-electron chi connectivity index (χ4n) is 2.01. The van der Waals surface area contributed by atoms with Crippen molar-refractivity contribution < 1.29 is 14.6 Å². The highest BCUT2D eigenvalue weighted by atomic mass is 16.5. The number of carboxylic acids is 1. The largest absolute Gasteiger partial charge is 0.480 e. The molecule has 6 heteroatoms. The van der Waals surface area contributed by atoms with Crippen molar-refractivity contribution in [1.29, 1.82) is 0 Å². The molecule has 0 saturated heterocycles. The minimum absolute atomic E-state index is 0.181. The maximum absolute atomic E-state index is 10.2. The second-order valence-corrected chi connectivity index (χ2v) is 4.94. The van der Waals surface area contributed by atoms with Crippen LogP contribution in [0.15, 0.2) is 5.11 Å². The molecular weight excluding hydrogens is 258 g/mol. The third-order valence-electron chi connectivity index (χ3n) is 3.09. The first-order chi connectivity index (χ1) is 9.77. The van der Waals surface area contributed by atoms with Crippen molar-refractivity contribution >= 4 is 5.97 Å². The number of rotatable bonds is 15. The van der Waals surface area contributed by atoms with Gasteiger partial charge in [0.05, 0.1) is 0 Å². The van der Waals surface area contributed by atoms with Gasteiger partial charge in [-0.05, 0) is 18.4 Å². The van der Waals surface area contributed by atoms with Crippen LogP contribution in [0.5, 0.6) is 0 Å². The summed E-state index contributed by atoms with van der Waals surface area (Å²) in [5.41, 5.74) is 8.11. The smallest absolute Gasteiger partial charge is 0.329 e. The average Bonchev–Trinajstić information content (AvgIpc) is 2.43. The number of nitrogens with zero attached hydrogens (tertiary/aromatic N) is 3. The Balaban J connectivity index is 2.99. The Morgan fingerprint density at radius 3 is 1.95 bits per heavy atom. The number of hydrogen-bond donors (Lipinski definition) is 1. The lowest BCUT2D eigenvalue weighted by molar-refractivity contribution is -0.142. The molecular formula is C14H27N3O3. The van der Waals surface area contributed by atoms with Gasteiger partial charge in [0.15, 0.2) is 0 Å². The summed E-state index contributed by atoms with van der Waals surface area (Å²) in [5.74, 6) is -0.899. The van der Waals surface area contributed by atoms with Gasteiger partial charge in [-0.25, -0.2) is 4.79 Å². The molecule has 0 atom stereocenters. The van der Waals surface area contributed by atoms with Crippen LogP contribution in [-0.2, 0) is 9.53 Å². The quantitative estimate of drug-likeness (QED) is 0.210. The summed E-state index contributed by atoms with van der Waals surface area (Å²) in [7, 11) is 0. The number of hydrogen-bond acceptors (Lipinski definition) is 3. The molecule has 0 aromatic heterocycles. The van der Waals surface area contributed by atoms with E-state index in [4.69, 9.17) is 15.4 Å². The Kier molecular flexibility index (Phi) is 14.8. The molecule has 0 aliphatic heterocycles. The molecule has 0 fully saturated rings. The minimum atomic E-state index is -0.899. The van der Waals surface area contributed by atoms with Crippen LogP contribution in [0, 0.1) is 0 Å². The van der Waals surface area contributed by atoms with E-state index in [1.807, 2.05) is 0 Å². The maximum Gasteiger partial charge on any atom is 0.329 e. The number of carboxylic acid groups (broad SMARTS) is 1. The fraction of sp³-hybridized carbons (Fsp3) is 0.929. The molecule has 0 aromatic carbocycles. The van der Waals surface area contributed by atoms with E-state index in [0.717, 1.165) is 25.7 Å². The predicted octanol–water partition coefficient (Wildman–Crippen LogP) is 4.30. The lowest BCUT2D eigenvalue weighted by atomic mass is 10.1. The van der Waals surface area contributed by atoms with Gasteiger partial charge in [-0.1, -0.05) is 56.5 Å². The molecule has 116 valence electrons. The summed E-state index contributed by atoms with van der Waals surface area (Å²) in [6.45, 7) is 0.998. The Hall–Kier alpha value is -1.26. The maximum atomic E-state index is 10.2. The summed E-state index contributed by atoms with van der Waals surface area (Å²) in [6.07, 6.45) is 11.7. The van der Waals surface area contributed by atoms with Crippen LogP contribution in [0.25, 0.3) is 10.4 Å².